The van der Waals surface area contributed by atoms with Gasteiger partial charge in [0.2, 0.25) is 0 Å². The summed E-state index contributed by atoms with van der Waals surface area (Å²) < 4.78 is 0. The monoisotopic (exact) mass is 335 g/mol. The fourth-order valence-corrected chi connectivity index (χ4v) is 3.69. The number of hydrogen-bond acceptors (Lipinski definition) is 6. The first-order valence-electron chi connectivity index (χ1n) is 8.00. The molecule has 120 valence electrons. The van der Waals surface area contributed by atoms with Gasteiger partial charge < -0.3 is 4.90 Å². The van der Waals surface area contributed by atoms with Gasteiger partial charge in [0.05, 0.1) is 23.0 Å². The van der Waals surface area contributed by atoms with E-state index in [-0.39, 0.29) is 0 Å². The third-order valence-corrected chi connectivity index (χ3v) is 5.16. The molecule has 2 aromatic heterocycles. The molecule has 0 bridgehead atoms. The van der Waals surface area contributed by atoms with Crippen molar-refractivity contribution in [2.75, 3.05) is 37.6 Å². The van der Waals surface area contributed by atoms with Crippen LogP contribution >= 0.6 is 11.3 Å². The lowest BCUT2D eigenvalue weighted by Gasteiger charge is -2.34. The van der Waals surface area contributed by atoms with E-state index in [9.17, 15) is 0 Å². The molecule has 0 N–H and O–H groups in total. The van der Waals surface area contributed by atoms with Gasteiger partial charge >= 0.3 is 0 Å². The third kappa shape index (κ3) is 2.84. The Hall–Kier alpha value is -2.49. The number of nitriles is 1. The number of thiophene rings is 1. The largest absolute Gasteiger partial charge is 0.353 e. The first-order chi connectivity index (χ1) is 11.8. The SMILES string of the molecule is N#CCN1CCN(c2nc(-c3cccs3)nc3ccccc23)CC1. The van der Waals surface area contributed by atoms with Crippen LogP contribution in [0.5, 0.6) is 0 Å². The summed E-state index contributed by atoms with van der Waals surface area (Å²) in [6.07, 6.45) is 0. The third-order valence-electron chi connectivity index (χ3n) is 4.29. The number of aromatic nitrogens is 2. The first-order valence-corrected chi connectivity index (χ1v) is 8.88. The molecule has 0 radical (unpaired) electrons. The van der Waals surface area contributed by atoms with Crippen LogP contribution in [0.4, 0.5) is 5.82 Å². The van der Waals surface area contributed by atoms with E-state index in [2.05, 4.69) is 28.0 Å². The maximum Gasteiger partial charge on any atom is 0.172 e. The molecule has 0 atom stereocenters. The molecule has 0 spiro atoms. The number of nitrogens with zero attached hydrogens (tertiary/aromatic N) is 5. The van der Waals surface area contributed by atoms with Crippen molar-refractivity contribution in [2.24, 2.45) is 0 Å². The summed E-state index contributed by atoms with van der Waals surface area (Å²) in [4.78, 5) is 15.2. The fraction of sp³-hybridized carbons (Fsp3) is 0.278. The fourth-order valence-electron chi connectivity index (χ4n) is 3.03. The van der Waals surface area contributed by atoms with Crippen LogP contribution in [0.3, 0.4) is 0 Å². The van der Waals surface area contributed by atoms with Crippen LogP contribution in [-0.4, -0.2) is 47.6 Å². The van der Waals surface area contributed by atoms with Crippen LogP contribution in [0.1, 0.15) is 0 Å². The van der Waals surface area contributed by atoms with Crippen molar-refractivity contribution in [2.45, 2.75) is 0 Å². The average molecular weight is 335 g/mol. The van der Waals surface area contributed by atoms with Crippen LogP contribution in [0.25, 0.3) is 21.6 Å². The molecule has 0 amide bonds. The van der Waals surface area contributed by atoms with E-state index in [4.69, 9.17) is 15.2 Å². The van der Waals surface area contributed by atoms with E-state index in [1.165, 1.54) is 0 Å². The number of anilines is 1. The highest BCUT2D eigenvalue weighted by Crippen LogP contribution is 2.29. The van der Waals surface area contributed by atoms with E-state index in [1.807, 2.05) is 29.6 Å². The van der Waals surface area contributed by atoms with Crippen molar-refractivity contribution in [3.63, 3.8) is 0 Å². The molecule has 0 unspecified atom stereocenters. The molecule has 4 rings (SSSR count). The Morgan fingerprint density at radius 1 is 1.04 bits per heavy atom. The van der Waals surface area contributed by atoms with Crippen LogP contribution in [0.2, 0.25) is 0 Å². The minimum absolute atomic E-state index is 0.499. The van der Waals surface area contributed by atoms with E-state index in [0.717, 1.165) is 53.6 Å². The van der Waals surface area contributed by atoms with Gasteiger partial charge in [-0.2, -0.15) is 5.26 Å². The Balaban J connectivity index is 1.73. The van der Waals surface area contributed by atoms with Crippen molar-refractivity contribution in [3.05, 3.63) is 41.8 Å². The average Bonchev–Trinajstić information content (AvgIpc) is 3.16. The standard InChI is InChI=1S/C18H17N5S/c19-7-8-22-9-11-23(12-10-22)18-14-4-1-2-5-15(14)20-17(21-18)16-6-3-13-24-16/h1-6,13H,8-12H2. The summed E-state index contributed by atoms with van der Waals surface area (Å²) in [7, 11) is 0. The van der Waals surface area contributed by atoms with Crippen molar-refractivity contribution in [1.82, 2.24) is 14.9 Å². The molecule has 1 aromatic carbocycles. The topological polar surface area (TPSA) is 56.1 Å². The van der Waals surface area contributed by atoms with E-state index in [1.54, 1.807) is 11.3 Å². The van der Waals surface area contributed by atoms with Crippen LogP contribution in [-0.2, 0) is 0 Å². The summed E-state index contributed by atoms with van der Waals surface area (Å²) in [5.74, 6) is 1.79. The normalized spacial score (nSPS) is 15.5. The minimum Gasteiger partial charge on any atom is -0.353 e. The second-order valence-corrected chi connectivity index (χ2v) is 6.73. The number of para-hydroxylation sites is 1. The van der Waals surface area contributed by atoms with E-state index < -0.39 is 0 Å². The molecule has 3 heterocycles. The second kappa shape index (κ2) is 6.56. The van der Waals surface area contributed by atoms with Gasteiger partial charge in [-0.25, -0.2) is 9.97 Å². The number of hydrogen-bond donors (Lipinski definition) is 0. The Morgan fingerprint density at radius 3 is 2.62 bits per heavy atom. The highest BCUT2D eigenvalue weighted by Gasteiger charge is 2.21. The van der Waals surface area contributed by atoms with Gasteiger partial charge in [-0.1, -0.05) is 18.2 Å². The molecule has 1 saturated heterocycles. The lowest BCUT2D eigenvalue weighted by Crippen LogP contribution is -2.46. The summed E-state index contributed by atoms with van der Waals surface area (Å²) in [5, 5.41) is 12.0. The molecule has 1 fully saturated rings. The Labute approximate surface area is 144 Å². The van der Waals surface area contributed by atoms with Crippen molar-refractivity contribution >= 4 is 28.1 Å². The highest BCUT2D eigenvalue weighted by atomic mass is 32.1. The first kappa shape index (κ1) is 15.1. The summed E-state index contributed by atoms with van der Waals surface area (Å²) in [6.45, 7) is 4.04. The molecule has 0 aliphatic carbocycles. The zero-order valence-electron chi connectivity index (χ0n) is 13.2. The summed E-state index contributed by atoms with van der Waals surface area (Å²) in [6, 6.07) is 14.5. The summed E-state index contributed by atoms with van der Waals surface area (Å²) >= 11 is 1.66. The van der Waals surface area contributed by atoms with Crippen molar-refractivity contribution in [1.29, 1.82) is 5.26 Å². The van der Waals surface area contributed by atoms with Gasteiger partial charge in [-0.3, -0.25) is 4.90 Å². The highest BCUT2D eigenvalue weighted by molar-refractivity contribution is 7.13. The van der Waals surface area contributed by atoms with Crippen molar-refractivity contribution < 1.29 is 0 Å². The quantitative estimate of drug-likeness (QED) is 0.689. The van der Waals surface area contributed by atoms with Crippen LogP contribution < -0.4 is 4.90 Å². The predicted octanol–water partition coefficient (Wildman–Crippen LogP) is 3.00. The van der Waals surface area contributed by atoms with Gasteiger partial charge in [0.1, 0.15) is 5.82 Å². The van der Waals surface area contributed by atoms with Gasteiger partial charge in [-0.05, 0) is 23.6 Å². The molecular weight excluding hydrogens is 318 g/mol. The smallest absolute Gasteiger partial charge is 0.172 e. The molecule has 1 aliphatic heterocycles. The van der Waals surface area contributed by atoms with Gasteiger partial charge in [-0.15, -0.1) is 11.3 Å². The lowest BCUT2D eigenvalue weighted by molar-refractivity contribution is 0.286. The van der Waals surface area contributed by atoms with Gasteiger partial charge in [0, 0.05) is 31.6 Å². The molecule has 3 aromatic rings. The van der Waals surface area contributed by atoms with Crippen LogP contribution in [0, 0.1) is 11.3 Å². The zero-order chi connectivity index (χ0) is 16.4. The molecule has 0 saturated carbocycles. The summed E-state index contributed by atoms with van der Waals surface area (Å²) in [5.41, 5.74) is 0.977. The van der Waals surface area contributed by atoms with Gasteiger partial charge in [0.25, 0.3) is 0 Å². The number of fused-ring (bicyclic) bond motifs is 1. The number of piperazine rings is 1. The Kier molecular flexibility index (Phi) is 4.11. The Bertz CT molecular complexity index is 876. The predicted molar refractivity (Wildman–Crippen MR) is 97.1 cm³/mol. The molecule has 6 heteroatoms. The maximum atomic E-state index is 8.86. The zero-order valence-corrected chi connectivity index (χ0v) is 14.0. The molecular formula is C18H17N5S. The maximum absolute atomic E-state index is 8.86. The lowest BCUT2D eigenvalue weighted by atomic mass is 10.2. The number of benzene rings is 1. The van der Waals surface area contributed by atoms with E-state index >= 15 is 0 Å². The van der Waals surface area contributed by atoms with Crippen molar-refractivity contribution in [3.8, 4) is 16.8 Å². The van der Waals surface area contributed by atoms with Gasteiger partial charge in [0.15, 0.2) is 5.82 Å². The molecule has 1 aliphatic rings. The number of rotatable bonds is 3. The second-order valence-electron chi connectivity index (χ2n) is 5.79. The van der Waals surface area contributed by atoms with E-state index in [0.29, 0.717) is 6.54 Å². The molecule has 24 heavy (non-hydrogen) atoms. The minimum atomic E-state index is 0.499. The van der Waals surface area contributed by atoms with Crippen LogP contribution in [0.15, 0.2) is 41.8 Å². The molecule has 5 nitrogen and oxygen atoms in total. The Morgan fingerprint density at radius 2 is 1.88 bits per heavy atom.